The van der Waals surface area contributed by atoms with Crippen LogP contribution in [0.25, 0.3) is 0 Å². The summed E-state index contributed by atoms with van der Waals surface area (Å²) in [6.07, 6.45) is 1.01. The molecule has 0 aliphatic carbocycles. The first kappa shape index (κ1) is 29.2. The van der Waals surface area contributed by atoms with E-state index in [0.29, 0.717) is 32.7 Å². The number of carbonyl (C=O) groups excluding carboxylic acids is 2. The molecule has 0 heterocycles. The molecule has 0 fully saturated rings. The van der Waals surface area contributed by atoms with Gasteiger partial charge in [-0.3, -0.25) is 13.9 Å². The highest BCUT2D eigenvalue weighted by molar-refractivity contribution is 7.92. The first-order chi connectivity index (χ1) is 16.2. The summed E-state index contributed by atoms with van der Waals surface area (Å²) in [6.45, 7) is 7.01. The van der Waals surface area contributed by atoms with Gasteiger partial charge in [0.1, 0.15) is 12.6 Å². The Kier molecular flexibility index (Phi) is 10.3. The number of nitrogens with zero attached hydrogens (tertiary/aromatic N) is 2. The van der Waals surface area contributed by atoms with Crippen LogP contribution >= 0.6 is 34.8 Å². The topological polar surface area (TPSA) is 86.8 Å². The number of halogens is 3. The zero-order chi connectivity index (χ0) is 26.5. The van der Waals surface area contributed by atoms with Gasteiger partial charge in [-0.25, -0.2) is 8.42 Å². The van der Waals surface area contributed by atoms with Gasteiger partial charge in [0, 0.05) is 33.7 Å². The third-order valence-corrected chi connectivity index (χ3v) is 7.43. The fraction of sp³-hybridized carbons (Fsp3) is 0.417. The molecule has 0 aliphatic rings. The largest absolute Gasteiger partial charge is 0.354 e. The third kappa shape index (κ3) is 8.00. The molecule has 0 saturated carbocycles. The molecule has 2 rings (SSSR count). The van der Waals surface area contributed by atoms with Gasteiger partial charge in [0.25, 0.3) is 0 Å². The van der Waals surface area contributed by atoms with Crippen LogP contribution in [-0.2, 0) is 26.2 Å². The molecular formula is C24H30Cl3N3O4S. The number of sulfonamides is 1. The van der Waals surface area contributed by atoms with E-state index in [2.05, 4.69) is 5.32 Å². The van der Waals surface area contributed by atoms with Gasteiger partial charge < -0.3 is 10.2 Å². The van der Waals surface area contributed by atoms with Crippen LogP contribution in [0.2, 0.25) is 15.1 Å². The summed E-state index contributed by atoms with van der Waals surface area (Å²) < 4.78 is 26.4. The van der Waals surface area contributed by atoms with E-state index in [1.165, 1.54) is 11.0 Å². The van der Waals surface area contributed by atoms with Gasteiger partial charge in [-0.15, -0.1) is 0 Å². The highest BCUT2D eigenvalue weighted by atomic mass is 35.5. The summed E-state index contributed by atoms with van der Waals surface area (Å²) in [6, 6.07) is 8.81. The van der Waals surface area contributed by atoms with Gasteiger partial charge >= 0.3 is 0 Å². The maximum Gasteiger partial charge on any atom is 0.244 e. The predicted molar refractivity (Wildman–Crippen MR) is 143 cm³/mol. The standard InChI is InChI=1S/C24H30Cl3N3O4S/c1-15(2)12-28-24(32)17(4)29(13-19-20(26)7-6-8-21(19)27)23(31)14-30(35(5,33)34)22-11-18(25)10-9-16(22)3/h6-11,15,17H,12-14H2,1-5H3,(H,28,32). The lowest BCUT2D eigenvalue weighted by Gasteiger charge is -2.32. The maximum atomic E-state index is 13.6. The van der Waals surface area contributed by atoms with Crippen LogP contribution in [0.1, 0.15) is 31.9 Å². The first-order valence-corrected chi connectivity index (χ1v) is 13.9. The molecule has 0 aromatic heterocycles. The number of anilines is 1. The van der Waals surface area contributed by atoms with Crippen molar-refractivity contribution in [1.29, 1.82) is 0 Å². The molecule has 0 spiro atoms. The SMILES string of the molecule is Cc1ccc(Cl)cc1N(CC(=O)N(Cc1c(Cl)cccc1Cl)C(C)C(=O)NCC(C)C)S(C)(=O)=O. The molecule has 11 heteroatoms. The zero-order valence-corrected chi connectivity index (χ0v) is 23.4. The second kappa shape index (κ2) is 12.3. The number of nitrogens with one attached hydrogen (secondary N) is 1. The van der Waals surface area contributed by atoms with Crippen molar-refractivity contribution < 1.29 is 18.0 Å². The smallest absolute Gasteiger partial charge is 0.244 e. The van der Waals surface area contributed by atoms with E-state index >= 15 is 0 Å². The van der Waals surface area contributed by atoms with E-state index in [1.54, 1.807) is 44.2 Å². The van der Waals surface area contributed by atoms with E-state index in [9.17, 15) is 18.0 Å². The van der Waals surface area contributed by atoms with E-state index in [1.807, 2.05) is 13.8 Å². The van der Waals surface area contributed by atoms with Crippen LogP contribution in [0, 0.1) is 12.8 Å². The zero-order valence-electron chi connectivity index (χ0n) is 20.3. The van der Waals surface area contributed by atoms with Crippen LogP contribution < -0.4 is 9.62 Å². The van der Waals surface area contributed by atoms with Crippen molar-refractivity contribution in [3.63, 3.8) is 0 Å². The Labute approximate surface area is 222 Å². The van der Waals surface area contributed by atoms with Gasteiger partial charge in [-0.05, 0) is 49.6 Å². The minimum absolute atomic E-state index is 0.0836. The molecule has 0 aliphatic heterocycles. The van der Waals surface area contributed by atoms with Crippen molar-refractivity contribution in [3.8, 4) is 0 Å². The van der Waals surface area contributed by atoms with Crippen molar-refractivity contribution in [2.24, 2.45) is 5.92 Å². The lowest BCUT2D eigenvalue weighted by Crippen LogP contribution is -2.51. The van der Waals surface area contributed by atoms with Gasteiger partial charge in [0.05, 0.1) is 11.9 Å². The lowest BCUT2D eigenvalue weighted by atomic mass is 10.1. The molecule has 0 saturated heterocycles. The summed E-state index contributed by atoms with van der Waals surface area (Å²) >= 11 is 18.8. The minimum Gasteiger partial charge on any atom is -0.354 e. The lowest BCUT2D eigenvalue weighted by molar-refractivity contribution is -0.139. The van der Waals surface area contributed by atoms with Gasteiger partial charge in [0.2, 0.25) is 21.8 Å². The van der Waals surface area contributed by atoms with E-state index in [0.717, 1.165) is 10.6 Å². The number of hydrogen-bond acceptors (Lipinski definition) is 4. The minimum atomic E-state index is -3.87. The average molecular weight is 563 g/mol. The number of amides is 2. The maximum absolute atomic E-state index is 13.6. The number of aryl methyl sites for hydroxylation is 1. The summed E-state index contributed by atoms with van der Waals surface area (Å²) in [5.41, 5.74) is 1.36. The van der Waals surface area contributed by atoms with Crippen LogP contribution in [0.5, 0.6) is 0 Å². The fourth-order valence-electron chi connectivity index (χ4n) is 3.33. The van der Waals surface area contributed by atoms with Crippen molar-refractivity contribution in [2.45, 2.75) is 40.3 Å². The van der Waals surface area contributed by atoms with Crippen LogP contribution in [-0.4, -0.2) is 50.5 Å². The van der Waals surface area contributed by atoms with E-state index in [-0.39, 0.29) is 24.1 Å². The molecule has 2 amide bonds. The summed E-state index contributed by atoms with van der Waals surface area (Å²) in [4.78, 5) is 27.8. The van der Waals surface area contributed by atoms with E-state index < -0.39 is 28.5 Å². The van der Waals surface area contributed by atoms with Crippen LogP contribution in [0.3, 0.4) is 0 Å². The second-order valence-corrected chi connectivity index (χ2v) is 11.9. The number of hydrogen-bond donors (Lipinski definition) is 1. The molecule has 1 N–H and O–H groups in total. The molecule has 2 aromatic carbocycles. The number of rotatable bonds is 10. The summed E-state index contributed by atoms with van der Waals surface area (Å²) in [7, 11) is -3.87. The highest BCUT2D eigenvalue weighted by Gasteiger charge is 2.31. The number of carbonyl (C=O) groups is 2. The monoisotopic (exact) mass is 561 g/mol. The van der Waals surface area contributed by atoms with E-state index in [4.69, 9.17) is 34.8 Å². The fourth-order valence-corrected chi connectivity index (χ4v) is 4.92. The normalized spacial score (nSPS) is 12.4. The highest BCUT2D eigenvalue weighted by Crippen LogP contribution is 2.29. The molecule has 0 bridgehead atoms. The Morgan fingerprint density at radius 2 is 1.63 bits per heavy atom. The summed E-state index contributed by atoms with van der Waals surface area (Å²) in [5.74, 6) is -0.766. The molecule has 1 unspecified atom stereocenters. The molecule has 0 radical (unpaired) electrons. The molecule has 2 aromatic rings. The Bertz CT molecular complexity index is 1170. The predicted octanol–water partition coefficient (Wildman–Crippen LogP) is 4.91. The van der Waals surface area contributed by atoms with Crippen molar-refractivity contribution >= 4 is 62.3 Å². The Morgan fingerprint density at radius 3 is 2.17 bits per heavy atom. The van der Waals surface area contributed by atoms with Crippen molar-refractivity contribution in [2.75, 3.05) is 23.7 Å². The van der Waals surface area contributed by atoms with Crippen LogP contribution in [0.15, 0.2) is 36.4 Å². The Morgan fingerprint density at radius 1 is 1.03 bits per heavy atom. The van der Waals surface area contributed by atoms with Gasteiger partial charge in [-0.2, -0.15) is 0 Å². The Balaban J connectivity index is 2.47. The average Bonchev–Trinajstić information content (AvgIpc) is 2.76. The van der Waals surface area contributed by atoms with Crippen LogP contribution in [0.4, 0.5) is 5.69 Å². The number of benzene rings is 2. The van der Waals surface area contributed by atoms with Gasteiger partial charge in [-0.1, -0.05) is 60.8 Å². The quantitative estimate of drug-likeness (QED) is 0.446. The third-order valence-electron chi connectivity index (χ3n) is 5.36. The first-order valence-electron chi connectivity index (χ1n) is 11.0. The molecular weight excluding hydrogens is 533 g/mol. The summed E-state index contributed by atoms with van der Waals surface area (Å²) in [5, 5.41) is 3.80. The molecule has 7 nitrogen and oxygen atoms in total. The molecule has 192 valence electrons. The van der Waals surface area contributed by atoms with Gasteiger partial charge in [0.15, 0.2) is 0 Å². The van der Waals surface area contributed by atoms with Crippen molar-refractivity contribution in [1.82, 2.24) is 10.2 Å². The van der Waals surface area contributed by atoms with Crippen molar-refractivity contribution in [3.05, 3.63) is 62.6 Å². The molecule has 1 atom stereocenters. The molecule has 35 heavy (non-hydrogen) atoms. The second-order valence-electron chi connectivity index (χ2n) is 8.74. The Hall–Kier alpha value is -2.00.